The lowest BCUT2D eigenvalue weighted by Crippen LogP contribution is -2.48. The van der Waals surface area contributed by atoms with Crippen molar-refractivity contribution in [2.45, 2.75) is 6.04 Å². The van der Waals surface area contributed by atoms with E-state index in [1.54, 1.807) is 19.2 Å². The highest BCUT2D eigenvalue weighted by molar-refractivity contribution is 5.94. The van der Waals surface area contributed by atoms with Gasteiger partial charge in [-0.25, -0.2) is 4.39 Å². The number of methoxy groups -OCH3 is 1. The zero-order valence-electron chi connectivity index (χ0n) is 15.8. The van der Waals surface area contributed by atoms with Crippen LogP contribution in [0.2, 0.25) is 0 Å². The number of hydrogen-bond acceptors (Lipinski definition) is 4. The zero-order valence-corrected chi connectivity index (χ0v) is 15.8. The number of hydrogen-bond donors (Lipinski definition) is 1. The standard InChI is InChI=1S/C21H26FN3O2/c1-24-11-13-25(14-12-24)20(16-7-9-17(27-2)10-8-16)15-23-21(26)18-5-3-4-6-19(18)22/h3-10,20H,11-15H2,1-2H3,(H,23,26)/t20-/m0/s1. The first kappa shape index (κ1) is 19.3. The van der Waals surface area contributed by atoms with Crippen molar-refractivity contribution in [1.82, 2.24) is 15.1 Å². The number of halogens is 1. The van der Waals surface area contributed by atoms with E-state index in [1.165, 1.54) is 12.1 Å². The van der Waals surface area contributed by atoms with Gasteiger partial charge in [0.05, 0.1) is 18.7 Å². The van der Waals surface area contributed by atoms with Crippen LogP contribution in [0.5, 0.6) is 5.75 Å². The van der Waals surface area contributed by atoms with Crippen LogP contribution in [0.15, 0.2) is 48.5 Å². The topological polar surface area (TPSA) is 44.8 Å². The van der Waals surface area contributed by atoms with Gasteiger partial charge in [0.25, 0.3) is 5.91 Å². The van der Waals surface area contributed by atoms with Crippen LogP contribution >= 0.6 is 0 Å². The Kier molecular flexibility index (Phi) is 6.42. The lowest BCUT2D eigenvalue weighted by molar-refractivity contribution is 0.0883. The molecule has 2 aromatic carbocycles. The smallest absolute Gasteiger partial charge is 0.254 e. The van der Waals surface area contributed by atoms with E-state index in [2.05, 4.69) is 22.2 Å². The third-order valence-corrected chi connectivity index (χ3v) is 5.05. The fourth-order valence-corrected chi connectivity index (χ4v) is 3.35. The number of nitrogens with one attached hydrogen (secondary N) is 1. The van der Waals surface area contributed by atoms with E-state index in [0.29, 0.717) is 6.54 Å². The summed E-state index contributed by atoms with van der Waals surface area (Å²) in [5.41, 5.74) is 1.18. The largest absolute Gasteiger partial charge is 0.497 e. The number of carbonyl (C=O) groups is 1. The molecule has 1 fully saturated rings. The van der Waals surface area contributed by atoms with Crippen molar-refractivity contribution >= 4 is 5.91 Å². The third kappa shape index (κ3) is 4.84. The van der Waals surface area contributed by atoms with E-state index < -0.39 is 5.82 Å². The fraction of sp³-hybridized carbons (Fsp3) is 0.381. The first-order valence-corrected chi connectivity index (χ1v) is 9.17. The van der Waals surface area contributed by atoms with Crippen LogP contribution in [-0.4, -0.2) is 62.6 Å². The molecule has 2 aromatic rings. The van der Waals surface area contributed by atoms with E-state index in [0.717, 1.165) is 37.5 Å². The van der Waals surface area contributed by atoms with Gasteiger partial charge < -0.3 is 15.0 Å². The third-order valence-electron chi connectivity index (χ3n) is 5.05. The normalized spacial score (nSPS) is 16.7. The summed E-state index contributed by atoms with van der Waals surface area (Å²) in [6, 6.07) is 14.0. The predicted octanol–water partition coefficient (Wildman–Crippen LogP) is 2.55. The summed E-state index contributed by atoms with van der Waals surface area (Å²) in [6.07, 6.45) is 0. The second kappa shape index (κ2) is 8.97. The molecule has 1 amide bonds. The molecule has 3 rings (SSSR count). The van der Waals surface area contributed by atoms with Gasteiger partial charge in [-0.1, -0.05) is 24.3 Å². The van der Waals surface area contributed by atoms with E-state index in [1.807, 2.05) is 24.3 Å². The first-order chi connectivity index (χ1) is 13.1. The second-order valence-electron chi connectivity index (χ2n) is 6.82. The maximum Gasteiger partial charge on any atom is 0.254 e. The molecule has 1 saturated heterocycles. The summed E-state index contributed by atoms with van der Waals surface area (Å²) in [7, 11) is 3.75. The maximum atomic E-state index is 13.9. The van der Waals surface area contributed by atoms with Gasteiger partial charge in [0.15, 0.2) is 0 Å². The number of amides is 1. The molecule has 0 spiro atoms. The highest BCUT2D eigenvalue weighted by Gasteiger charge is 2.25. The molecule has 1 heterocycles. The van der Waals surface area contributed by atoms with Crippen LogP contribution in [0.25, 0.3) is 0 Å². The maximum absolute atomic E-state index is 13.9. The zero-order chi connectivity index (χ0) is 19.2. The second-order valence-corrected chi connectivity index (χ2v) is 6.82. The number of rotatable bonds is 6. The molecule has 0 aromatic heterocycles. The fourth-order valence-electron chi connectivity index (χ4n) is 3.35. The van der Waals surface area contributed by atoms with Crippen molar-refractivity contribution < 1.29 is 13.9 Å². The number of benzene rings is 2. The average molecular weight is 371 g/mol. The lowest BCUT2D eigenvalue weighted by atomic mass is 10.0. The Morgan fingerprint density at radius 3 is 2.41 bits per heavy atom. The summed E-state index contributed by atoms with van der Waals surface area (Å²) in [6.45, 7) is 4.22. The summed E-state index contributed by atoms with van der Waals surface area (Å²) in [5.74, 6) is -0.0948. The van der Waals surface area contributed by atoms with Crippen molar-refractivity contribution in [3.05, 3.63) is 65.5 Å². The van der Waals surface area contributed by atoms with Gasteiger partial charge >= 0.3 is 0 Å². The molecule has 27 heavy (non-hydrogen) atoms. The SMILES string of the molecule is COc1ccc([C@H](CNC(=O)c2ccccc2F)N2CCN(C)CC2)cc1. The minimum atomic E-state index is -0.504. The molecule has 1 atom stereocenters. The number of piperazine rings is 1. The van der Waals surface area contributed by atoms with Gasteiger partial charge in [0, 0.05) is 32.7 Å². The van der Waals surface area contributed by atoms with Crippen LogP contribution in [0.1, 0.15) is 22.0 Å². The molecule has 1 aliphatic rings. The van der Waals surface area contributed by atoms with Crippen molar-refractivity contribution in [1.29, 1.82) is 0 Å². The molecule has 0 aliphatic carbocycles. The van der Waals surface area contributed by atoms with Gasteiger partial charge in [0.1, 0.15) is 11.6 Å². The van der Waals surface area contributed by atoms with Crippen LogP contribution in [0.3, 0.4) is 0 Å². The van der Waals surface area contributed by atoms with Gasteiger partial charge in [-0.2, -0.15) is 0 Å². The molecule has 144 valence electrons. The number of ether oxygens (including phenoxy) is 1. The molecular weight excluding hydrogens is 345 g/mol. The molecule has 0 saturated carbocycles. The van der Waals surface area contributed by atoms with Gasteiger partial charge in [0.2, 0.25) is 0 Å². The van der Waals surface area contributed by atoms with E-state index in [-0.39, 0.29) is 17.5 Å². The first-order valence-electron chi connectivity index (χ1n) is 9.17. The molecule has 0 unspecified atom stereocenters. The van der Waals surface area contributed by atoms with Gasteiger partial charge in [-0.05, 0) is 36.9 Å². The van der Waals surface area contributed by atoms with Gasteiger partial charge in [-0.15, -0.1) is 0 Å². The summed E-state index contributed by atoms with van der Waals surface area (Å²) in [5, 5.41) is 2.91. The molecule has 0 bridgehead atoms. The highest BCUT2D eigenvalue weighted by Crippen LogP contribution is 2.24. The van der Waals surface area contributed by atoms with Crippen molar-refractivity contribution in [2.75, 3.05) is 46.9 Å². The number of likely N-dealkylation sites (N-methyl/N-ethyl adjacent to an activating group) is 1. The van der Waals surface area contributed by atoms with Crippen LogP contribution < -0.4 is 10.1 Å². The summed E-state index contributed by atoms with van der Waals surface area (Å²) in [4.78, 5) is 17.1. The average Bonchev–Trinajstić information content (AvgIpc) is 2.70. The summed E-state index contributed by atoms with van der Waals surface area (Å²) >= 11 is 0. The minimum Gasteiger partial charge on any atom is -0.497 e. The minimum absolute atomic E-state index is 0.0281. The lowest BCUT2D eigenvalue weighted by Gasteiger charge is -2.38. The van der Waals surface area contributed by atoms with Crippen LogP contribution in [0.4, 0.5) is 4.39 Å². The molecule has 1 N–H and O–H groups in total. The Morgan fingerprint density at radius 2 is 1.78 bits per heavy atom. The molecule has 0 radical (unpaired) electrons. The van der Waals surface area contributed by atoms with Crippen LogP contribution in [0, 0.1) is 5.82 Å². The van der Waals surface area contributed by atoms with E-state index in [4.69, 9.17) is 4.74 Å². The Hall–Kier alpha value is -2.44. The predicted molar refractivity (Wildman–Crippen MR) is 104 cm³/mol. The van der Waals surface area contributed by atoms with Crippen molar-refractivity contribution in [3.63, 3.8) is 0 Å². The van der Waals surface area contributed by atoms with Crippen molar-refractivity contribution in [3.8, 4) is 5.75 Å². The molecular formula is C21H26FN3O2. The van der Waals surface area contributed by atoms with E-state index >= 15 is 0 Å². The van der Waals surface area contributed by atoms with E-state index in [9.17, 15) is 9.18 Å². The Balaban J connectivity index is 1.75. The number of nitrogens with zero attached hydrogens (tertiary/aromatic N) is 2. The molecule has 1 aliphatic heterocycles. The highest BCUT2D eigenvalue weighted by atomic mass is 19.1. The monoisotopic (exact) mass is 371 g/mol. The molecule has 5 nitrogen and oxygen atoms in total. The number of carbonyl (C=O) groups excluding carboxylic acids is 1. The Bertz CT molecular complexity index is 758. The Morgan fingerprint density at radius 1 is 1.11 bits per heavy atom. The van der Waals surface area contributed by atoms with Crippen molar-refractivity contribution in [2.24, 2.45) is 0 Å². The summed E-state index contributed by atoms with van der Waals surface area (Å²) < 4.78 is 19.1. The molecule has 6 heteroatoms. The Labute approximate surface area is 159 Å². The van der Waals surface area contributed by atoms with Gasteiger partial charge in [-0.3, -0.25) is 9.69 Å². The quantitative estimate of drug-likeness (QED) is 0.848. The van der Waals surface area contributed by atoms with Crippen LogP contribution in [-0.2, 0) is 0 Å².